The summed E-state index contributed by atoms with van der Waals surface area (Å²) in [6, 6.07) is 4.98. The van der Waals surface area contributed by atoms with E-state index in [-0.39, 0.29) is 17.3 Å². The SMILES string of the molecule is COc1ccc2c(c1)nc(S(=O)Cc1ncc(C)c(OC)c1C)n2S(=O)(=O)C1(N2CCOCC2)C=CC=CC1. The van der Waals surface area contributed by atoms with Crippen molar-refractivity contribution in [1.82, 2.24) is 18.8 Å². The fourth-order valence-corrected chi connectivity index (χ4v) is 8.94. The first kappa shape index (κ1) is 27.5. The highest BCUT2D eigenvalue weighted by Crippen LogP contribution is 2.38. The third-order valence-electron chi connectivity index (χ3n) is 7.26. The van der Waals surface area contributed by atoms with Crippen LogP contribution in [-0.4, -0.2) is 76.9 Å². The lowest BCUT2D eigenvalue weighted by Gasteiger charge is -2.43. The summed E-state index contributed by atoms with van der Waals surface area (Å²) in [4.78, 5) is 9.62. The van der Waals surface area contributed by atoms with E-state index in [2.05, 4.69) is 9.97 Å². The minimum Gasteiger partial charge on any atom is -0.497 e. The minimum atomic E-state index is -4.22. The van der Waals surface area contributed by atoms with Crippen LogP contribution in [0.5, 0.6) is 11.5 Å². The van der Waals surface area contributed by atoms with Gasteiger partial charge in [-0.2, -0.15) is 0 Å². The van der Waals surface area contributed by atoms with E-state index in [0.29, 0.717) is 54.5 Å². The van der Waals surface area contributed by atoms with Crippen LogP contribution in [0, 0.1) is 13.8 Å². The summed E-state index contributed by atoms with van der Waals surface area (Å²) in [5.74, 6) is 1.15. The number of allylic oxidation sites excluding steroid dienone is 2. The normalized spacial score (nSPS) is 20.8. The number of hydrogen-bond acceptors (Lipinski definition) is 9. The Balaban J connectivity index is 1.68. The van der Waals surface area contributed by atoms with Gasteiger partial charge in [-0.25, -0.2) is 17.4 Å². The number of aryl methyl sites for hydroxylation is 1. The first-order valence-electron chi connectivity index (χ1n) is 12.6. The molecule has 10 nitrogen and oxygen atoms in total. The van der Waals surface area contributed by atoms with E-state index in [0.717, 1.165) is 15.1 Å². The van der Waals surface area contributed by atoms with Gasteiger partial charge in [0.15, 0.2) is 4.87 Å². The molecule has 1 aliphatic heterocycles. The van der Waals surface area contributed by atoms with Crippen LogP contribution < -0.4 is 9.47 Å². The summed E-state index contributed by atoms with van der Waals surface area (Å²) in [5, 5.41) is -0.0606. The molecule has 1 fully saturated rings. The van der Waals surface area contributed by atoms with E-state index >= 15 is 0 Å². The number of benzene rings is 1. The molecule has 0 N–H and O–H groups in total. The molecule has 39 heavy (non-hydrogen) atoms. The monoisotopic (exact) mass is 572 g/mol. The molecule has 3 heterocycles. The number of rotatable bonds is 8. The van der Waals surface area contributed by atoms with Crippen molar-refractivity contribution in [3.05, 3.63) is 65.5 Å². The molecule has 208 valence electrons. The van der Waals surface area contributed by atoms with Crippen LogP contribution >= 0.6 is 0 Å². The topological polar surface area (TPSA) is 113 Å². The second-order valence-electron chi connectivity index (χ2n) is 9.49. The molecule has 0 spiro atoms. The van der Waals surface area contributed by atoms with Crippen molar-refractivity contribution < 1.29 is 26.8 Å². The number of hydrogen-bond donors (Lipinski definition) is 0. The van der Waals surface area contributed by atoms with Gasteiger partial charge >= 0.3 is 0 Å². The molecule has 3 aromatic rings. The Morgan fingerprint density at radius 2 is 1.90 bits per heavy atom. The number of imidazole rings is 1. The van der Waals surface area contributed by atoms with Gasteiger partial charge in [0, 0.05) is 42.9 Å². The molecule has 0 amide bonds. The number of aromatic nitrogens is 3. The first-order valence-corrected chi connectivity index (χ1v) is 15.4. The Kier molecular flexibility index (Phi) is 7.64. The lowest BCUT2D eigenvalue weighted by atomic mass is 10.1. The molecule has 2 aliphatic rings. The van der Waals surface area contributed by atoms with Gasteiger partial charge in [-0.05, 0) is 32.1 Å². The minimum absolute atomic E-state index is 0.0290. The van der Waals surface area contributed by atoms with Crippen molar-refractivity contribution in [2.24, 2.45) is 0 Å². The molecular formula is C27H32N4O6S2. The van der Waals surface area contributed by atoms with E-state index in [1.807, 2.05) is 30.9 Å². The van der Waals surface area contributed by atoms with Crippen LogP contribution in [0.4, 0.5) is 0 Å². The average molecular weight is 573 g/mol. The van der Waals surface area contributed by atoms with Gasteiger partial charge in [0.25, 0.3) is 10.0 Å². The second kappa shape index (κ2) is 10.8. The third kappa shape index (κ3) is 4.69. The van der Waals surface area contributed by atoms with E-state index in [4.69, 9.17) is 14.2 Å². The van der Waals surface area contributed by atoms with Crippen molar-refractivity contribution in [3.8, 4) is 11.5 Å². The highest BCUT2D eigenvalue weighted by atomic mass is 32.2. The van der Waals surface area contributed by atoms with Crippen molar-refractivity contribution in [1.29, 1.82) is 0 Å². The molecule has 1 saturated heterocycles. The zero-order valence-corrected chi connectivity index (χ0v) is 24.0. The molecule has 12 heteroatoms. The number of fused-ring (bicyclic) bond motifs is 1. The first-order chi connectivity index (χ1) is 18.7. The molecule has 5 rings (SSSR count). The smallest absolute Gasteiger partial charge is 0.264 e. The quantitative estimate of drug-likeness (QED) is 0.402. The summed E-state index contributed by atoms with van der Waals surface area (Å²) in [7, 11) is -2.97. The van der Waals surface area contributed by atoms with E-state index in [1.54, 1.807) is 43.7 Å². The molecule has 2 atom stereocenters. The van der Waals surface area contributed by atoms with Crippen LogP contribution in [0.3, 0.4) is 0 Å². The van der Waals surface area contributed by atoms with Crippen molar-refractivity contribution in [3.63, 3.8) is 0 Å². The lowest BCUT2D eigenvalue weighted by Crippen LogP contribution is -2.58. The zero-order valence-electron chi connectivity index (χ0n) is 22.4. The molecule has 0 bridgehead atoms. The van der Waals surface area contributed by atoms with Gasteiger partial charge in [0.05, 0.1) is 60.7 Å². The summed E-state index contributed by atoms with van der Waals surface area (Å²) in [5.41, 5.74) is 2.87. The Morgan fingerprint density at radius 3 is 2.56 bits per heavy atom. The molecule has 2 unspecified atom stereocenters. The summed E-state index contributed by atoms with van der Waals surface area (Å²) < 4.78 is 61.1. The van der Waals surface area contributed by atoms with Gasteiger partial charge in [-0.1, -0.05) is 18.2 Å². The van der Waals surface area contributed by atoms with Crippen LogP contribution in [-0.2, 0) is 31.3 Å². The molecule has 1 aliphatic carbocycles. The second-order valence-corrected chi connectivity index (χ2v) is 12.9. The highest BCUT2D eigenvalue weighted by molar-refractivity contribution is 7.92. The standard InChI is InChI=1S/C27H32N4O6S2/c1-19-17-28-23(20(2)25(19)36-4)18-38(32)26-29-22-16-21(35-3)8-9-24(22)31(26)39(33,34)27(10-6-5-7-11-27)30-12-14-37-15-13-30/h5-10,16-17H,11-15,18H2,1-4H3. The number of nitrogens with zero attached hydrogens (tertiary/aromatic N) is 4. The van der Waals surface area contributed by atoms with Crippen LogP contribution in [0.2, 0.25) is 0 Å². The summed E-state index contributed by atoms with van der Waals surface area (Å²) >= 11 is 0. The lowest BCUT2D eigenvalue weighted by molar-refractivity contribution is 0.0160. The maximum absolute atomic E-state index is 14.8. The van der Waals surface area contributed by atoms with Gasteiger partial charge in [0.1, 0.15) is 11.5 Å². The van der Waals surface area contributed by atoms with E-state index in [1.165, 1.54) is 7.11 Å². The van der Waals surface area contributed by atoms with Gasteiger partial charge < -0.3 is 14.2 Å². The Hall–Kier alpha value is -3.06. The Morgan fingerprint density at radius 1 is 1.13 bits per heavy atom. The van der Waals surface area contributed by atoms with Crippen LogP contribution in [0.15, 0.2) is 53.9 Å². The predicted molar refractivity (Wildman–Crippen MR) is 149 cm³/mol. The molecule has 1 aromatic carbocycles. The number of morpholine rings is 1. The largest absolute Gasteiger partial charge is 0.497 e. The average Bonchev–Trinajstić information content (AvgIpc) is 3.35. The molecule has 0 radical (unpaired) electrons. The Bertz CT molecular complexity index is 1590. The molecular weight excluding hydrogens is 540 g/mol. The zero-order chi connectivity index (χ0) is 27.8. The fraction of sp³-hybridized carbons (Fsp3) is 0.407. The summed E-state index contributed by atoms with van der Waals surface area (Å²) in [6.45, 7) is 5.48. The Labute approximate surface area is 230 Å². The predicted octanol–water partition coefficient (Wildman–Crippen LogP) is 3.10. The van der Waals surface area contributed by atoms with Gasteiger partial charge in [0.2, 0.25) is 5.16 Å². The fourth-order valence-electron chi connectivity index (χ4n) is 5.20. The maximum atomic E-state index is 14.8. The number of pyridine rings is 1. The van der Waals surface area contributed by atoms with Crippen molar-refractivity contribution in [2.75, 3.05) is 40.5 Å². The molecule has 2 aromatic heterocycles. The van der Waals surface area contributed by atoms with Gasteiger partial charge in [-0.3, -0.25) is 14.1 Å². The third-order valence-corrected chi connectivity index (χ3v) is 10.9. The molecule has 0 saturated carbocycles. The van der Waals surface area contributed by atoms with Crippen LogP contribution in [0.1, 0.15) is 23.2 Å². The van der Waals surface area contributed by atoms with E-state index < -0.39 is 25.7 Å². The highest BCUT2D eigenvalue weighted by Gasteiger charge is 2.50. The maximum Gasteiger partial charge on any atom is 0.264 e. The van der Waals surface area contributed by atoms with Crippen LogP contribution in [0.25, 0.3) is 11.0 Å². The van der Waals surface area contributed by atoms with Gasteiger partial charge in [-0.15, -0.1) is 0 Å². The van der Waals surface area contributed by atoms with Crippen molar-refractivity contribution in [2.45, 2.75) is 36.0 Å². The number of ether oxygens (including phenoxy) is 3. The summed E-state index contributed by atoms with van der Waals surface area (Å²) in [6.07, 6.45) is 9.05. The van der Waals surface area contributed by atoms with E-state index in [9.17, 15) is 12.6 Å². The number of methoxy groups -OCH3 is 2. The van der Waals surface area contributed by atoms with Crippen molar-refractivity contribution >= 4 is 31.9 Å².